The van der Waals surface area contributed by atoms with E-state index in [1.807, 2.05) is 19.1 Å². The summed E-state index contributed by atoms with van der Waals surface area (Å²) in [7, 11) is 1.54. The van der Waals surface area contributed by atoms with Crippen molar-refractivity contribution in [2.24, 2.45) is 0 Å². The molecule has 4 heteroatoms. The molecule has 0 aliphatic carbocycles. The third-order valence-corrected chi connectivity index (χ3v) is 2.96. The van der Waals surface area contributed by atoms with Gasteiger partial charge in [0.15, 0.2) is 0 Å². The van der Waals surface area contributed by atoms with Crippen molar-refractivity contribution < 1.29 is 14.6 Å². The number of aryl methyl sites for hydroxylation is 1. The van der Waals surface area contributed by atoms with Crippen molar-refractivity contribution in [1.82, 2.24) is 0 Å². The van der Waals surface area contributed by atoms with E-state index in [0.717, 1.165) is 11.1 Å². The third-order valence-electron chi connectivity index (χ3n) is 2.96. The van der Waals surface area contributed by atoms with Crippen LogP contribution in [0.2, 0.25) is 0 Å². The molecule has 0 spiro atoms. The molecule has 0 saturated heterocycles. The summed E-state index contributed by atoms with van der Waals surface area (Å²) < 4.78 is 10.9. The molecule has 102 valence electrons. The molecule has 4 nitrogen and oxygen atoms in total. The van der Waals surface area contributed by atoms with E-state index in [-0.39, 0.29) is 6.61 Å². The SMILES string of the molecule is COc1cc(C#N)cc(Oc2ccc(CO)c(C)c2)c1. The van der Waals surface area contributed by atoms with E-state index in [0.29, 0.717) is 22.8 Å². The molecular weight excluding hydrogens is 254 g/mol. The third kappa shape index (κ3) is 3.08. The Morgan fingerprint density at radius 2 is 1.85 bits per heavy atom. The molecule has 0 heterocycles. The van der Waals surface area contributed by atoms with Crippen molar-refractivity contribution >= 4 is 0 Å². The minimum absolute atomic E-state index is 0.00382. The largest absolute Gasteiger partial charge is 0.497 e. The number of aliphatic hydroxyl groups excluding tert-OH is 1. The number of methoxy groups -OCH3 is 1. The lowest BCUT2D eigenvalue weighted by atomic mass is 10.1. The Balaban J connectivity index is 2.30. The van der Waals surface area contributed by atoms with Gasteiger partial charge in [0.25, 0.3) is 0 Å². The fourth-order valence-electron chi connectivity index (χ4n) is 1.86. The fourth-order valence-corrected chi connectivity index (χ4v) is 1.86. The molecule has 2 aromatic carbocycles. The minimum Gasteiger partial charge on any atom is -0.497 e. The van der Waals surface area contributed by atoms with Crippen LogP contribution >= 0.6 is 0 Å². The van der Waals surface area contributed by atoms with Crippen LogP contribution in [-0.4, -0.2) is 12.2 Å². The van der Waals surface area contributed by atoms with E-state index >= 15 is 0 Å². The van der Waals surface area contributed by atoms with Gasteiger partial charge in [-0.25, -0.2) is 0 Å². The van der Waals surface area contributed by atoms with Gasteiger partial charge in [-0.3, -0.25) is 0 Å². The molecule has 2 aromatic rings. The van der Waals surface area contributed by atoms with Gasteiger partial charge in [-0.15, -0.1) is 0 Å². The lowest BCUT2D eigenvalue weighted by molar-refractivity contribution is 0.281. The van der Waals surface area contributed by atoms with Crippen molar-refractivity contribution in [3.8, 4) is 23.3 Å². The van der Waals surface area contributed by atoms with Crippen LogP contribution in [0.1, 0.15) is 16.7 Å². The summed E-state index contributed by atoms with van der Waals surface area (Å²) in [4.78, 5) is 0. The molecule has 1 N–H and O–H groups in total. The molecule has 0 radical (unpaired) electrons. The Labute approximate surface area is 117 Å². The summed E-state index contributed by atoms with van der Waals surface area (Å²) >= 11 is 0. The lowest BCUT2D eigenvalue weighted by Gasteiger charge is -2.10. The number of hydrogen-bond acceptors (Lipinski definition) is 4. The van der Waals surface area contributed by atoms with Crippen LogP contribution in [0.4, 0.5) is 0 Å². The Bertz CT molecular complexity index is 659. The van der Waals surface area contributed by atoms with Gasteiger partial charge < -0.3 is 14.6 Å². The molecule has 0 aliphatic heterocycles. The summed E-state index contributed by atoms with van der Waals surface area (Å²) in [6.07, 6.45) is 0. The van der Waals surface area contributed by atoms with E-state index in [2.05, 4.69) is 6.07 Å². The fraction of sp³-hybridized carbons (Fsp3) is 0.188. The average Bonchev–Trinajstić information content (AvgIpc) is 2.47. The summed E-state index contributed by atoms with van der Waals surface area (Å²) in [6, 6.07) is 12.5. The first kappa shape index (κ1) is 13.9. The number of aliphatic hydroxyl groups is 1. The van der Waals surface area contributed by atoms with Gasteiger partial charge in [-0.2, -0.15) is 5.26 Å². The van der Waals surface area contributed by atoms with Gasteiger partial charge in [0.1, 0.15) is 17.2 Å². The first-order valence-corrected chi connectivity index (χ1v) is 6.13. The topological polar surface area (TPSA) is 62.5 Å². The smallest absolute Gasteiger partial charge is 0.132 e. The second-order valence-electron chi connectivity index (χ2n) is 4.36. The Hall–Kier alpha value is -2.51. The normalized spacial score (nSPS) is 9.90. The Morgan fingerprint density at radius 1 is 1.10 bits per heavy atom. The maximum Gasteiger partial charge on any atom is 0.132 e. The molecule has 0 atom stereocenters. The monoisotopic (exact) mass is 269 g/mol. The van der Waals surface area contributed by atoms with Crippen molar-refractivity contribution in [1.29, 1.82) is 5.26 Å². The van der Waals surface area contributed by atoms with Gasteiger partial charge in [0.2, 0.25) is 0 Å². The standard InChI is InChI=1S/C16H15NO3/c1-11-5-14(4-3-13(11)10-18)20-16-7-12(9-17)6-15(8-16)19-2/h3-8,18H,10H2,1-2H3. The molecule has 0 unspecified atom stereocenters. The van der Waals surface area contributed by atoms with Crippen LogP contribution in [0.3, 0.4) is 0 Å². The minimum atomic E-state index is 0.00382. The van der Waals surface area contributed by atoms with Crippen LogP contribution in [-0.2, 0) is 6.61 Å². The van der Waals surface area contributed by atoms with Gasteiger partial charge in [0, 0.05) is 6.07 Å². The molecule has 0 aliphatic rings. The average molecular weight is 269 g/mol. The summed E-state index contributed by atoms with van der Waals surface area (Å²) in [5.74, 6) is 1.76. The molecule has 20 heavy (non-hydrogen) atoms. The summed E-state index contributed by atoms with van der Waals surface area (Å²) in [5.41, 5.74) is 2.29. The predicted octanol–water partition coefficient (Wildman–Crippen LogP) is 3.16. The highest BCUT2D eigenvalue weighted by molar-refractivity contribution is 5.46. The van der Waals surface area contributed by atoms with Gasteiger partial charge >= 0.3 is 0 Å². The first-order valence-electron chi connectivity index (χ1n) is 6.13. The highest BCUT2D eigenvalue weighted by atomic mass is 16.5. The van der Waals surface area contributed by atoms with Crippen molar-refractivity contribution in [3.63, 3.8) is 0 Å². The number of nitrogens with zero attached hydrogens (tertiary/aromatic N) is 1. The van der Waals surface area contributed by atoms with E-state index in [1.165, 1.54) is 0 Å². The Kier molecular flexibility index (Phi) is 4.24. The number of nitriles is 1. The van der Waals surface area contributed by atoms with Crippen LogP contribution in [0.25, 0.3) is 0 Å². The van der Waals surface area contributed by atoms with Crippen molar-refractivity contribution in [2.45, 2.75) is 13.5 Å². The number of rotatable bonds is 4. The first-order chi connectivity index (χ1) is 9.66. The van der Waals surface area contributed by atoms with E-state index < -0.39 is 0 Å². The number of benzene rings is 2. The molecular formula is C16H15NO3. The predicted molar refractivity (Wildman–Crippen MR) is 74.9 cm³/mol. The highest BCUT2D eigenvalue weighted by Gasteiger charge is 2.05. The van der Waals surface area contributed by atoms with Crippen molar-refractivity contribution in [3.05, 3.63) is 53.1 Å². The van der Waals surface area contributed by atoms with Crippen molar-refractivity contribution in [2.75, 3.05) is 7.11 Å². The maximum atomic E-state index is 9.14. The summed E-state index contributed by atoms with van der Waals surface area (Å²) in [5, 5.41) is 18.1. The van der Waals surface area contributed by atoms with Crippen LogP contribution in [0, 0.1) is 18.3 Å². The van der Waals surface area contributed by atoms with Gasteiger partial charge in [-0.1, -0.05) is 6.07 Å². The second-order valence-corrected chi connectivity index (χ2v) is 4.36. The van der Waals surface area contributed by atoms with Crippen LogP contribution in [0.15, 0.2) is 36.4 Å². The highest BCUT2D eigenvalue weighted by Crippen LogP contribution is 2.28. The van der Waals surface area contributed by atoms with Gasteiger partial charge in [-0.05, 0) is 42.3 Å². The molecule has 0 fully saturated rings. The number of ether oxygens (including phenoxy) is 2. The van der Waals surface area contributed by atoms with E-state index in [1.54, 1.807) is 31.4 Å². The Morgan fingerprint density at radius 3 is 2.45 bits per heavy atom. The van der Waals surface area contributed by atoms with E-state index in [9.17, 15) is 0 Å². The van der Waals surface area contributed by atoms with E-state index in [4.69, 9.17) is 19.8 Å². The zero-order valence-electron chi connectivity index (χ0n) is 11.4. The molecule has 0 amide bonds. The summed E-state index contributed by atoms with van der Waals surface area (Å²) in [6.45, 7) is 1.91. The lowest BCUT2D eigenvalue weighted by Crippen LogP contribution is -1.92. The quantitative estimate of drug-likeness (QED) is 0.926. The second kappa shape index (κ2) is 6.09. The molecule has 0 aromatic heterocycles. The molecule has 2 rings (SSSR count). The van der Waals surface area contributed by atoms with Crippen LogP contribution in [0.5, 0.6) is 17.2 Å². The maximum absolute atomic E-state index is 9.14. The van der Waals surface area contributed by atoms with Gasteiger partial charge in [0.05, 0.1) is 25.3 Å². The molecule has 0 saturated carbocycles. The zero-order valence-corrected chi connectivity index (χ0v) is 11.4. The molecule has 0 bridgehead atoms. The number of hydrogen-bond donors (Lipinski definition) is 1. The van der Waals surface area contributed by atoms with Crippen LogP contribution < -0.4 is 9.47 Å². The zero-order chi connectivity index (χ0) is 14.5.